The number of carbonyl (C=O) groups excluding carboxylic acids is 2. The van der Waals surface area contributed by atoms with Crippen molar-refractivity contribution in [3.8, 4) is 0 Å². The molecule has 0 saturated heterocycles. The number of nitrogens with zero attached hydrogens (tertiary/aromatic N) is 2. The maximum atomic E-state index is 13.2. The summed E-state index contributed by atoms with van der Waals surface area (Å²) >= 11 is 0. The highest BCUT2D eigenvalue weighted by Gasteiger charge is 2.19. The van der Waals surface area contributed by atoms with Gasteiger partial charge < -0.3 is 16.4 Å². The summed E-state index contributed by atoms with van der Waals surface area (Å²) in [5.41, 5.74) is 7.02. The van der Waals surface area contributed by atoms with Crippen LogP contribution in [-0.2, 0) is 29.1 Å². The number of nitrogens with two attached hydrogens (primary N) is 1. The first-order valence-electron chi connectivity index (χ1n) is 11.1. The first-order chi connectivity index (χ1) is 16.3. The largest absolute Gasteiger partial charge is 0.383 e. The maximum Gasteiger partial charge on any atom is 0.332 e. The molecule has 34 heavy (non-hydrogen) atoms. The van der Waals surface area contributed by atoms with Crippen molar-refractivity contribution in [3.05, 3.63) is 86.6 Å². The zero-order chi connectivity index (χ0) is 24.7. The van der Waals surface area contributed by atoms with Crippen LogP contribution in [0.15, 0.2) is 64.2 Å². The quantitative estimate of drug-likeness (QED) is 0.449. The van der Waals surface area contributed by atoms with Crippen LogP contribution in [0.1, 0.15) is 37.8 Å². The van der Waals surface area contributed by atoms with E-state index in [1.807, 2.05) is 37.3 Å². The van der Waals surface area contributed by atoms with Crippen molar-refractivity contribution in [1.29, 1.82) is 0 Å². The van der Waals surface area contributed by atoms with Gasteiger partial charge in [0.2, 0.25) is 11.8 Å². The Bertz CT molecular complexity index is 1280. The zero-order valence-electron chi connectivity index (χ0n) is 19.3. The second-order valence-corrected chi connectivity index (χ2v) is 8.03. The summed E-state index contributed by atoms with van der Waals surface area (Å²) in [6.07, 6.45) is 1.52. The van der Waals surface area contributed by atoms with Crippen LogP contribution in [0.2, 0.25) is 0 Å². The number of hydrogen-bond acceptors (Lipinski definition) is 5. The van der Waals surface area contributed by atoms with Gasteiger partial charge in [0.15, 0.2) is 0 Å². The normalized spacial score (nSPS) is 10.6. The molecule has 0 unspecified atom stereocenters. The van der Waals surface area contributed by atoms with E-state index in [-0.39, 0.29) is 30.4 Å². The Morgan fingerprint density at radius 3 is 2.21 bits per heavy atom. The number of anilines is 3. The number of nitrogen functional groups attached to an aromatic ring is 1. The second-order valence-electron chi connectivity index (χ2n) is 8.03. The van der Waals surface area contributed by atoms with E-state index < -0.39 is 17.2 Å². The average molecular weight is 464 g/mol. The van der Waals surface area contributed by atoms with E-state index in [1.165, 1.54) is 11.5 Å². The smallest absolute Gasteiger partial charge is 0.332 e. The third kappa shape index (κ3) is 6.00. The van der Waals surface area contributed by atoms with Crippen molar-refractivity contribution in [2.75, 3.05) is 16.4 Å². The minimum Gasteiger partial charge on any atom is -0.383 e. The van der Waals surface area contributed by atoms with Gasteiger partial charge in [0, 0.05) is 19.2 Å². The minimum atomic E-state index is -0.645. The summed E-state index contributed by atoms with van der Waals surface area (Å²) in [5.74, 6) is -0.684. The highest BCUT2D eigenvalue weighted by atomic mass is 16.2. The molecule has 2 amide bonds. The predicted octanol–water partition coefficient (Wildman–Crippen LogP) is 2.58. The predicted molar refractivity (Wildman–Crippen MR) is 133 cm³/mol. The van der Waals surface area contributed by atoms with Gasteiger partial charge in [0.05, 0.1) is 13.0 Å². The minimum absolute atomic E-state index is 0.00793. The molecule has 0 spiro atoms. The number of benzene rings is 2. The fourth-order valence-electron chi connectivity index (χ4n) is 3.55. The lowest BCUT2D eigenvalue weighted by atomic mass is 10.1. The molecule has 4 N–H and O–H groups in total. The number of hydrogen-bond donors (Lipinski definition) is 3. The molecule has 0 saturated carbocycles. The molecule has 3 rings (SSSR count). The molecule has 0 aliphatic heterocycles. The lowest BCUT2D eigenvalue weighted by Gasteiger charge is -2.17. The lowest BCUT2D eigenvalue weighted by molar-refractivity contribution is -0.116. The van der Waals surface area contributed by atoms with Crippen LogP contribution < -0.4 is 27.6 Å². The third-order valence-corrected chi connectivity index (χ3v) is 5.29. The van der Waals surface area contributed by atoms with Gasteiger partial charge >= 0.3 is 5.69 Å². The SMILES string of the molecule is CCCCn1c(N)c(NC(=O)Cc2ccc(NC(C)=O)cc2)c(=O)n(Cc2ccccc2)c1=O. The Morgan fingerprint density at radius 2 is 1.59 bits per heavy atom. The van der Waals surface area contributed by atoms with Crippen molar-refractivity contribution >= 4 is 29.0 Å². The van der Waals surface area contributed by atoms with Gasteiger partial charge in [-0.15, -0.1) is 0 Å². The van der Waals surface area contributed by atoms with E-state index in [4.69, 9.17) is 5.73 Å². The lowest BCUT2D eigenvalue weighted by Crippen LogP contribution is -2.43. The first kappa shape index (κ1) is 24.5. The summed E-state index contributed by atoms with van der Waals surface area (Å²) in [6.45, 7) is 3.81. The molecular weight excluding hydrogens is 434 g/mol. The van der Waals surface area contributed by atoms with Gasteiger partial charge in [-0.05, 0) is 29.7 Å². The van der Waals surface area contributed by atoms with Gasteiger partial charge in [-0.25, -0.2) is 4.79 Å². The molecule has 1 heterocycles. The fourth-order valence-corrected chi connectivity index (χ4v) is 3.55. The molecule has 3 aromatic rings. The van der Waals surface area contributed by atoms with Crippen molar-refractivity contribution in [2.45, 2.75) is 46.2 Å². The molecule has 178 valence electrons. The molecule has 0 fully saturated rings. The third-order valence-electron chi connectivity index (χ3n) is 5.29. The Labute approximate surface area is 197 Å². The summed E-state index contributed by atoms with van der Waals surface area (Å²) in [7, 11) is 0. The van der Waals surface area contributed by atoms with Crippen LogP contribution in [0.3, 0.4) is 0 Å². The van der Waals surface area contributed by atoms with Gasteiger partial charge in [-0.2, -0.15) is 0 Å². The molecule has 0 bridgehead atoms. The molecule has 9 heteroatoms. The Morgan fingerprint density at radius 1 is 0.912 bits per heavy atom. The number of nitrogens with one attached hydrogen (secondary N) is 2. The highest BCUT2D eigenvalue weighted by Crippen LogP contribution is 2.15. The number of aromatic nitrogens is 2. The Hall–Kier alpha value is -4.14. The van der Waals surface area contributed by atoms with Crippen molar-refractivity contribution in [1.82, 2.24) is 9.13 Å². The van der Waals surface area contributed by atoms with E-state index in [0.29, 0.717) is 24.2 Å². The fraction of sp³-hybridized carbons (Fsp3) is 0.280. The van der Waals surface area contributed by atoms with Crippen molar-refractivity contribution in [3.63, 3.8) is 0 Å². The van der Waals surface area contributed by atoms with Gasteiger partial charge in [-0.1, -0.05) is 55.8 Å². The van der Waals surface area contributed by atoms with Gasteiger partial charge in [-0.3, -0.25) is 23.5 Å². The van der Waals surface area contributed by atoms with Crippen LogP contribution in [0.5, 0.6) is 0 Å². The van der Waals surface area contributed by atoms with Crippen LogP contribution in [0.25, 0.3) is 0 Å². The number of carbonyl (C=O) groups is 2. The van der Waals surface area contributed by atoms with E-state index in [0.717, 1.165) is 16.6 Å². The summed E-state index contributed by atoms with van der Waals surface area (Å²) in [6, 6.07) is 16.0. The average Bonchev–Trinajstić information content (AvgIpc) is 2.81. The standard InChI is InChI=1S/C25H29N5O4/c1-3-4-14-29-23(26)22(24(33)30(25(29)34)16-19-8-6-5-7-9-19)28-21(32)15-18-10-12-20(13-11-18)27-17(2)31/h5-13H,3-4,14-16,26H2,1-2H3,(H,27,31)(H,28,32). The number of unbranched alkanes of at least 4 members (excludes halogenated alkanes) is 1. The maximum absolute atomic E-state index is 13.2. The molecule has 0 aliphatic rings. The van der Waals surface area contributed by atoms with Crippen LogP contribution in [0, 0.1) is 0 Å². The Balaban J connectivity index is 1.90. The molecule has 9 nitrogen and oxygen atoms in total. The zero-order valence-corrected chi connectivity index (χ0v) is 19.3. The number of amides is 2. The van der Waals surface area contributed by atoms with Crippen LogP contribution in [0.4, 0.5) is 17.2 Å². The molecule has 0 aliphatic carbocycles. The van der Waals surface area contributed by atoms with Crippen molar-refractivity contribution < 1.29 is 9.59 Å². The van der Waals surface area contributed by atoms with E-state index in [9.17, 15) is 19.2 Å². The monoisotopic (exact) mass is 463 g/mol. The topological polar surface area (TPSA) is 128 Å². The summed E-state index contributed by atoms with van der Waals surface area (Å²) in [5, 5.41) is 5.28. The highest BCUT2D eigenvalue weighted by molar-refractivity contribution is 5.94. The van der Waals surface area contributed by atoms with E-state index >= 15 is 0 Å². The van der Waals surface area contributed by atoms with E-state index in [1.54, 1.807) is 24.3 Å². The second kappa shape index (κ2) is 11.1. The summed E-state index contributed by atoms with van der Waals surface area (Å²) < 4.78 is 2.44. The Kier molecular flexibility index (Phi) is 8.02. The molecule has 0 radical (unpaired) electrons. The molecular formula is C25H29N5O4. The molecule has 0 atom stereocenters. The van der Waals surface area contributed by atoms with Gasteiger partial charge in [0.1, 0.15) is 11.5 Å². The molecule has 1 aromatic heterocycles. The number of rotatable bonds is 9. The van der Waals surface area contributed by atoms with Crippen LogP contribution >= 0.6 is 0 Å². The van der Waals surface area contributed by atoms with Crippen LogP contribution in [-0.4, -0.2) is 20.9 Å². The molecule has 2 aromatic carbocycles. The summed E-state index contributed by atoms with van der Waals surface area (Å²) in [4.78, 5) is 50.2. The van der Waals surface area contributed by atoms with Crippen molar-refractivity contribution in [2.24, 2.45) is 0 Å². The first-order valence-corrected chi connectivity index (χ1v) is 11.1. The van der Waals surface area contributed by atoms with Gasteiger partial charge in [0.25, 0.3) is 5.56 Å². The van der Waals surface area contributed by atoms with E-state index in [2.05, 4.69) is 10.6 Å².